The quantitative estimate of drug-likeness (QED) is 0.695. The zero-order valence-corrected chi connectivity index (χ0v) is 17.2. The fourth-order valence-corrected chi connectivity index (χ4v) is 4.79. The van der Waals surface area contributed by atoms with Crippen molar-refractivity contribution in [1.29, 1.82) is 0 Å². The first-order chi connectivity index (χ1) is 13.5. The Kier molecular flexibility index (Phi) is 5.27. The number of carbonyl (C=O) groups excluding carboxylic acids is 2. The van der Waals surface area contributed by atoms with Crippen LogP contribution >= 0.6 is 22.7 Å². The second-order valence-electron chi connectivity index (χ2n) is 6.76. The molecular weight excluding hydrogens is 396 g/mol. The van der Waals surface area contributed by atoms with E-state index in [-0.39, 0.29) is 17.7 Å². The Bertz CT molecular complexity index is 993. The number of anilines is 1. The maximum atomic E-state index is 13.1. The lowest BCUT2D eigenvalue weighted by Gasteiger charge is -2.31. The molecule has 1 fully saturated rings. The molecule has 7 nitrogen and oxygen atoms in total. The van der Waals surface area contributed by atoms with Crippen LogP contribution in [-0.4, -0.2) is 39.8 Å². The molecule has 1 aliphatic rings. The van der Waals surface area contributed by atoms with Gasteiger partial charge in [0.2, 0.25) is 5.91 Å². The summed E-state index contributed by atoms with van der Waals surface area (Å²) in [6, 6.07) is 3.74. The van der Waals surface area contributed by atoms with Gasteiger partial charge in [-0.25, -0.2) is 9.97 Å². The van der Waals surface area contributed by atoms with Gasteiger partial charge in [0.15, 0.2) is 15.9 Å². The Morgan fingerprint density at radius 3 is 2.89 bits per heavy atom. The standard InChI is InChI=1S/C19H20N4O3S2/c1-11-5-6-14(26-11)17-21-12(2)15(28-17)18(25)23-8-3-4-13(10-23)16(24)22-19-20-7-9-27-19/h5-7,9,13H,3-4,8,10H2,1-2H3,(H,20,22,24). The lowest BCUT2D eigenvalue weighted by Crippen LogP contribution is -2.43. The summed E-state index contributed by atoms with van der Waals surface area (Å²) in [6.45, 7) is 4.76. The molecule has 9 heteroatoms. The Balaban J connectivity index is 1.47. The number of hydrogen-bond acceptors (Lipinski definition) is 7. The smallest absolute Gasteiger partial charge is 0.265 e. The first-order valence-electron chi connectivity index (χ1n) is 9.05. The molecule has 0 saturated carbocycles. The van der Waals surface area contributed by atoms with Crippen LogP contribution in [0.4, 0.5) is 5.13 Å². The van der Waals surface area contributed by atoms with Crippen LogP contribution in [0, 0.1) is 19.8 Å². The predicted molar refractivity (Wildman–Crippen MR) is 109 cm³/mol. The van der Waals surface area contributed by atoms with Crippen molar-refractivity contribution >= 4 is 39.6 Å². The summed E-state index contributed by atoms with van der Waals surface area (Å²) in [4.78, 5) is 36.6. The normalized spacial score (nSPS) is 16.9. The van der Waals surface area contributed by atoms with Gasteiger partial charge in [-0.2, -0.15) is 0 Å². The number of carbonyl (C=O) groups is 2. The van der Waals surface area contributed by atoms with Gasteiger partial charge in [-0.1, -0.05) is 0 Å². The number of amides is 2. The average molecular weight is 417 g/mol. The molecule has 3 aromatic heterocycles. The zero-order valence-electron chi connectivity index (χ0n) is 15.6. The molecule has 1 N–H and O–H groups in total. The van der Waals surface area contributed by atoms with E-state index in [1.807, 2.05) is 31.4 Å². The third-order valence-corrected chi connectivity index (χ3v) is 6.53. The first kappa shape index (κ1) is 18.8. The van der Waals surface area contributed by atoms with Crippen molar-refractivity contribution in [3.05, 3.63) is 40.0 Å². The first-order valence-corrected chi connectivity index (χ1v) is 10.7. The highest BCUT2D eigenvalue weighted by molar-refractivity contribution is 7.17. The summed E-state index contributed by atoms with van der Waals surface area (Å²) in [7, 11) is 0. The molecule has 0 spiro atoms. The van der Waals surface area contributed by atoms with Crippen LogP contribution in [-0.2, 0) is 4.79 Å². The van der Waals surface area contributed by atoms with E-state index in [4.69, 9.17) is 4.42 Å². The number of rotatable bonds is 4. The number of furan rings is 1. The van der Waals surface area contributed by atoms with E-state index >= 15 is 0 Å². The monoisotopic (exact) mass is 416 g/mol. The van der Waals surface area contributed by atoms with E-state index < -0.39 is 0 Å². The van der Waals surface area contributed by atoms with E-state index in [9.17, 15) is 9.59 Å². The van der Waals surface area contributed by atoms with Gasteiger partial charge in [0, 0.05) is 24.7 Å². The summed E-state index contributed by atoms with van der Waals surface area (Å²) >= 11 is 2.72. The molecule has 0 bridgehead atoms. The summed E-state index contributed by atoms with van der Waals surface area (Å²) < 4.78 is 5.63. The van der Waals surface area contributed by atoms with Crippen LogP contribution in [0.25, 0.3) is 10.8 Å². The average Bonchev–Trinajstić information content (AvgIpc) is 3.43. The number of nitrogens with one attached hydrogen (secondary N) is 1. The number of piperidine rings is 1. The summed E-state index contributed by atoms with van der Waals surface area (Å²) in [5.74, 6) is 1.09. The minimum absolute atomic E-state index is 0.0729. The molecule has 2 amide bonds. The topological polar surface area (TPSA) is 88.3 Å². The van der Waals surface area contributed by atoms with Crippen molar-refractivity contribution in [3.63, 3.8) is 0 Å². The molecule has 4 rings (SSSR count). The van der Waals surface area contributed by atoms with Gasteiger partial charge < -0.3 is 14.6 Å². The van der Waals surface area contributed by atoms with Gasteiger partial charge in [-0.05, 0) is 38.8 Å². The number of thiazole rings is 2. The maximum Gasteiger partial charge on any atom is 0.265 e. The fourth-order valence-electron chi connectivity index (χ4n) is 3.26. The molecule has 0 aromatic carbocycles. The van der Waals surface area contributed by atoms with Gasteiger partial charge in [-0.3, -0.25) is 9.59 Å². The lowest BCUT2D eigenvalue weighted by atomic mass is 9.97. The van der Waals surface area contributed by atoms with Crippen LogP contribution in [0.2, 0.25) is 0 Å². The highest BCUT2D eigenvalue weighted by atomic mass is 32.1. The van der Waals surface area contributed by atoms with Crippen LogP contribution < -0.4 is 5.32 Å². The fraction of sp³-hybridized carbons (Fsp3) is 0.368. The molecule has 4 heterocycles. The van der Waals surface area contributed by atoms with Crippen molar-refractivity contribution in [1.82, 2.24) is 14.9 Å². The maximum absolute atomic E-state index is 13.1. The Morgan fingerprint density at radius 2 is 2.18 bits per heavy atom. The van der Waals surface area contributed by atoms with E-state index in [0.717, 1.165) is 18.6 Å². The summed E-state index contributed by atoms with van der Waals surface area (Å²) in [5.41, 5.74) is 0.688. The highest BCUT2D eigenvalue weighted by Gasteiger charge is 2.31. The molecule has 1 aliphatic heterocycles. The molecule has 1 unspecified atom stereocenters. The third kappa shape index (κ3) is 3.85. The Labute approximate surface area is 170 Å². The van der Waals surface area contributed by atoms with Crippen LogP contribution in [0.1, 0.15) is 34.0 Å². The molecular formula is C19H20N4O3S2. The van der Waals surface area contributed by atoms with Crippen molar-refractivity contribution < 1.29 is 14.0 Å². The number of likely N-dealkylation sites (tertiary alicyclic amines) is 1. The zero-order chi connectivity index (χ0) is 19.7. The second kappa shape index (κ2) is 7.84. The van der Waals surface area contributed by atoms with Gasteiger partial charge >= 0.3 is 0 Å². The van der Waals surface area contributed by atoms with Gasteiger partial charge in [0.05, 0.1) is 11.6 Å². The summed E-state index contributed by atoms with van der Waals surface area (Å²) in [5, 5.41) is 5.94. The number of aromatic nitrogens is 2. The van der Waals surface area contributed by atoms with E-state index in [1.54, 1.807) is 11.1 Å². The largest absolute Gasteiger partial charge is 0.459 e. The van der Waals surface area contributed by atoms with Gasteiger partial charge in [0.25, 0.3) is 5.91 Å². The molecule has 1 saturated heterocycles. The lowest BCUT2D eigenvalue weighted by molar-refractivity contribution is -0.121. The van der Waals surface area contributed by atoms with Gasteiger partial charge in [0.1, 0.15) is 10.6 Å². The minimum Gasteiger partial charge on any atom is -0.459 e. The Hall–Kier alpha value is -2.52. The molecule has 3 aromatic rings. The SMILES string of the molecule is Cc1ccc(-c2nc(C)c(C(=O)N3CCCC(C(=O)Nc4nccs4)C3)s2)o1. The summed E-state index contributed by atoms with van der Waals surface area (Å²) in [6.07, 6.45) is 3.21. The van der Waals surface area contributed by atoms with Crippen LogP contribution in [0.15, 0.2) is 28.1 Å². The molecule has 0 radical (unpaired) electrons. The van der Waals surface area contributed by atoms with E-state index in [1.165, 1.54) is 22.7 Å². The van der Waals surface area contributed by atoms with E-state index in [2.05, 4.69) is 15.3 Å². The van der Waals surface area contributed by atoms with Crippen LogP contribution in [0.5, 0.6) is 0 Å². The number of hydrogen-bond donors (Lipinski definition) is 1. The third-order valence-electron chi connectivity index (χ3n) is 4.68. The van der Waals surface area contributed by atoms with Crippen molar-refractivity contribution in [2.75, 3.05) is 18.4 Å². The minimum atomic E-state index is -0.234. The van der Waals surface area contributed by atoms with Crippen molar-refractivity contribution in [3.8, 4) is 10.8 Å². The predicted octanol–water partition coefficient (Wildman–Crippen LogP) is 3.97. The van der Waals surface area contributed by atoms with Crippen LogP contribution in [0.3, 0.4) is 0 Å². The number of aryl methyl sites for hydroxylation is 2. The molecule has 1 atom stereocenters. The number of nitrogens with zero attached hydrogens (tertiary/aromatic N) is 3. The van der Waals surface area contributed by atoms with Crippen molar-refractivity contribution in [2.45, 2.75) is 26.7 Å². The molecule has 0 aliphatic carbocycles. The van der Waals surface area contributed by atoms with E-state index in [0.29, 0.717) is 39.6 Å². The Morgan fingerprint density at radius 1 is 1.32 bits per heavy atom. The molecule has 28 heavy (non-hydrogen) atoms. The second-order valence-corrected chi connectivity index (χ2v) is 8.65. The van der Waals surface area contributed by atoms with Crippen molar-refractivity contribution in [2.24, 2.45) is 5.92 Å². The molecule has 146 valence electrons. The highest BCUT2D eigenvalue weighted by Crippen LogP contribution is 2.31. The van der Waals surface area contributed by atoms with Gasteiger partial charge in [-0.15, -0.1) is 22.7 Å².